The first-order valence-electron chi connectivity index (χ1n) is 8.84. The van der Waals surface area contributed by atoms with E-state index in [9.17, 15) is 0 Å². The maximum absolute atomic E-state index is 5.03. The van der Waals surface area contributed by atoms with E-state index in [1.165, 1.54) is 33.0 Å². The van der Waals surface area contributed by atoms with E-state index in [4.69, 9.17) is 4.98 Å². The average molecular weight is 319 g/mol. The summed E-state index contributed by atoms with van der Waals surface area (Å²) in [4.78, 5) is 5.03. The number of aromatic nitrogens is 1. The van der Waals surface area contributed by atoms with Crippen LogP contribution in [0, 0.1) is 13.8 Å². The van der Waals surface area contributed by atoms with Gasteiger partial charge in [-0.05, 0) is 65.1 Å². The van der Waals surface area contributed by atoms with Crippen LogP contribution in [0.4, 0.5) is 0 Å². The molecular weight excluding hydrogens is 290 g/mol. The zero-order chi connectivity index (χ0) is 17.9. The minimum atomic E-state index is 0.132. The predicted octanol–water partition coefficient (Wildman–Crippen LogP) is 6.60. The Morgan fingerprint density at radius 1 is 0.708 bits per heavy atom. The van der Waals surface area contributed by atoms with E-state index in [0.717, 1.165) is 11.0 Å². The average Bonchev–Trinajstić information content (AvgIpc) is 2.46. The van der Waals surface area contributed by atoms with Gasteiger partial charge in [0, 0.05) is 10.8 Å². The molecule has 0 N–H and O–H groups in total. The summed E-state index contributed by atoms with van der Waals surface area (Å²) in [7, 11) is 0. The molecule has 24 heavy (non-hydrogen) atoms. The molecule has 3 aromatic rings. The van der Waals surface area contributed by atoms with Crippen molar-refractivity contribution in [2.75, 3.05) is 0 Å². The number of hydrogen-bond donors (Lipinski definition) is 0. The fraction of sp³-hybridized carbons (Fsp3) is 0.435. The number of hydrogen-bond acceptors (Lipinski definition) is 1. The van der Waals surface area contributed by atoms with Gasteiger partial charge in [0.05, 0.1) is 11.0 Å². The highest BCUT2D eigenvalue weighted by Crippen LogP contribution is 2.34. The molecule has 0 aliphatic heterocycles. The van der Waals surface area contributed by atoms with Crippen LogP contribution in [0.1, 0.15) is 63.8 Å². The Labute approximate surface area is 146 Å². The van der Waals surface area contributed by atoms with Crippen LogP contribution in [0.2, 0.25) is 0 Å². The summed E-state index contributed by atoms with van der Waals surface area (Å²) in [5.74, 6) is 0. The van der Waals surface area contributed by atoms with E-state index in [-0.39, 0.29) is 10.8 Å². The predicted molar refractivity (Wildman–Crippen MR) is 106 cm³/mol. The summed E-state index contributed by atoms with van der Waals surface area (Å²) in [5.41, 5.74) is 7.96. The quantitative estimate of drug-likeness (QED) is 0.425. The van der Waals surface area contributed by atoms with Crippen molar-refractivity contribution in [2.24, 2.45) is 0 Å². The summed E-state index contributed by atoms with van der Waals surface area (Å²) >= 11 is 0. The molecule has 1 nitrogen and oxygen atoms in total. The lowest BCUT2D eigenvalue weighted by molar-refractivity contribution is 0.586. The first-order chi connectivity index (χ1) is 11.0. The topological polar surface area (TPSA) is 12.9 Å². The van der Waals surface area contributed by atoms with Gasteiger partial charge in [0.2, 0.25) is 0 Å². The summed E-state index contributed by atoms with van der Waals surface area (Å²) in [6.07, 6.45) is 0. The Morgan fingerprint density at radius 3 is 1.96 bits per heavy atom. The first-order valence-corrected chi connectivity index (χ1v) is 8.84. The van der Waals surface area contributed by atoms with E-state index in [1.54, 1.807) is 0 Å². The highest BCUT2D eigenvalue weighted by Gasteiger charge is 2.20. The molecule has 1 aromatic heterocycles. The van der Waals surface area contributed by atoms with E-state index >= 15 is 0 Å². The molecule has 0 aliphatic carbocycles. The van der Waals surface area contributed by atoms with E-state index in [2.05, 4.69) is 85.7 Å². The van der Waals surface area contributed by atoms with Gasteiger partial charge in [-0.2, -0.15) is 0 Å². The number of pyridine rings is 1. The zero-order valence-electron chi connectivity index (χ0n) is 16.3. The van der Waals surface area contributed by atoms with Crippen LogP contribution in [0.25, 0.3) is 21.8 Å². The Kier molecular flexibility index (Phi) is 3.75. The van der Waals surface area contributed by atoms with Crippen molar-refractivity contribution in [1.82, 2.24) is 4.98 Å². The molecule has 0 amide bonds. The molecule has 0 atom stereocenters. The Hall–Kier alpha value is -1.89. The normalized spacial score (nSPS) is 13.0. The van der Waals surface area contributed by atoms with E-state index < -0.39 is 0 Å². The van der Waals surface area contributed by atoms with Crippen LogP contribution in [-0.2, 0) is 10.8 Å². The molecule has 2 aromatic carbocycles. The third kappa shape index (κ3) is 2.81. The summed E-state index contributed by atoms with van der Waals surface area (Å²) in [5, 5.41) is 2.50. The SMILES string of the molecule is Cc1c(C(C)(C)C)cc2nc3cc(C(C)(C)C)ccc3cc2c1C. The van der Waals surface area contributed by atoms with Crippen molar-refractivity contribution < 1.29 is 0 Å². The number of benzene rings is 2. The second-order valence-electron chi connectivity index (χ2n) is 9.14. The molecule has 0 aliphatic rings. The van der Waals surface area contributed by atoms with Crippen LogP contribution in [0.3, 0.4) is 0 Å². The molecule has 0 unspecified atom stereocenters. The molecule has 0 bridgehead atoms. The summed E-state index contributed by atoms with van der Waals surface area (Å²) in [6.45, 7) is 18.0. The lowest BCUT2D eigenvalue weighted by Gasteiger charge is -2.24. The minimum absolute atomic E-state index is 0.132. The van der Waals surface area contributed by atoms with Gasteiger partial charge in [-0.15, -0.1) is 0 Å². The van der Waals surface area contributed by atoms with Crippen molar-refractivity contribution in [1.29, 1.82) is 0 Å². The number of nitrogens with zero attached hydrogens (tertiary/aromatic N) is 1. The molecule has 1 heterocycles. The highest BCUT2D eigenvalue weighted by molar-refractivity contribution is 5.95. The van der Waals surface area contributed by atoms with E-state index in [0.29, 0.717) is 0 Å². The van der Waals surface area contributed by atoms with Gasteiger partial charge >= 0.3 is 0 Å². The monoisotopic (exact) mass is 319 g/mol. The van der Waals surface area contributed by atoms with Crippen LogP contribution in [-0.4, -0.2) is 4.98 Å². The maximum Gasteiger partial charge on any atom is 0.0715 e. The molecule has 3 rings (SSSR count). The standard InChI is InChI=1S/C23H29N/c1-14-15(2)19(23(6,7)8)13-21-18(14)11-16-9-10-17(22(3,4)5)12-20(16)24-21/h9-13H,1-8H3. The molecule has 126 valence electrons. The van der Waals surface area contributed by atoms with Crippen molar-refractivity contribution >= 4 is 21.8 Å². The number of aryl methyl sites for hydroxylation is 1. The van der Waals surface area contributed by atoms with E-state index in [1.807, 2.05) is 0 Å². The summed E-state index contributed by atoms with van der Waals surface area (Å²) < 4.78 is 0. The molecule has 0 radical (unpaired) electrons. The third-order valence-electron chi connectivity index (χ3n) is 5.17. The lowest BCUT2D eigenvalue weighted by Crippen LogP contribution is -2.14. The second kappa shape index (κ2) is 5.31. The minimum Gasteiger partial charge on any atom is -0.248 e. The van der Waals surface area contributed by atoms with Crippen molar-refractivity contribution in [3.05, 3.63) is 52.6 Å². The molecule has 0 saturated heterocycles. The maximum atomic E-state index is 5.03. The van der Waals surface area contributed by atoms with Gasteiger partial charge in [-0.25, -0.2) is 4.98 Å². The van der Waals surface area contributed by atoms with Crippen molar-refractivity contribution in [3.63, 3.8) is 0 Å². The van der Waals surface area contributed by atoms with Gasteiger partial charge in [0.15, 0.2) is 0 Å². The molecular formula is C23H29N. The Bertz CT molecular complexity index is 934. The van der Waals surface area contributed by atoms with Gasteiger partial charge in [-0.3, -0.25) is 0 Å². The van der Waals surface area contributed by atoms with Crippen molar-refractivity contribution in [2.45, 2.75) is 66.2 Å². The van der Waals surface area contributed by atoms with Gasteiger partial charge in [0.25, 0.3) is 0 Å². The molecule has 0 fully saturated rings. The van der Waals surface area contributed by atoms with Crippen LogP contribution >= 0.6 is 0 Å². The summed E-state index contributed by atoms with van der Waals surface area (Å²) in [6, 6.07) is 11.3. The van der Waals surface area contributed by atoms with Crippen LogP contribution < -0.4 is 0 Å². The van der Waals surface area contributed by atoms with Gasteiger partial charge < -0.3 is 0 Å². The Balaban J connectivity index is 2.35. The third-order valence-corrected chi connectivity index (χ3v) is 5.17. The zero-order valence-corrected chi connectivity index (χ0v) is 16.3. The highest BCUT2D eigenvalue weighted by atomic mass is 14.7. The largest absolute Gasteiger partial charge is 0.248 e. The molecule has 0 saturated carbocycles. The lowest BCUT2D eigenvalue weighted by atomic mass is 9.81. The Morgan fingerprint density at radius 2 is 1.38 bits per heavy atom. The van der Waals surface area contributed by atoms with Crippen LogP contribution in [0.15, 0.2) is 30.3 Å². The smallest absolute Gasteiger partial charge is 0.0715 e. The number of fused-ring (bicyclic) bond motifs is 2. The van der Waals surface area contributed by atoms with Crippen molar-refractivity contribution in [3.8, 4) is 0 Å². The molecule has 1 heteroatoms. The fourth-order valence-electron chi connectivity index (χ4n) is 3.49. The van der Waals surface area contributed by atoms with Crippen LogP contribution in [0.5, 0.6) is 0 Å². The number of rotatable bonds is 0. The molecule has 0 spiro atoms. The first kappa shape index (κ1) is 17.0. The second-order valence-corrected chi connectivity index (χ2v) is 9.14. The fourth-order valence-corrected chi connectivity index (χ4v) is 3.49. The van der Waals surface area contributed by atoms with Gasteiger partial charge in [0.1, 0.15) is 0 Å². The van der Waals surface area contributed by atoms with Gasteiger partial charge in [-0.1, -0.05) is 53.7 Å².